The third-order valence-electron chi connectivity index (χ3n) is 4.06. The van der Waals surface area contributed by atoms with Crippen LogP contribution >= 0.6 is 0 Å². The molecule has 0 atom stereocenters. The van der Waals surface area contributed by atoms with E-state index in [4.69, 9.17) is 9.26 Å². The molecular weight excluding hydrogens is 278 g/mol. The Morgan fingerprint density at radius 2 is 1.95 bits per heavy atom. The highest BCUT2D eigenvalue weighted by molar-refractivity contribution is 5.90. The van der Waals surface area contributed by atoms with Crippen molar-refractivity contribution in [1.82, 2.24) is 15.1 Å². The second-order valence-electron chi connectivity index (χ2n) is 5.70. The summed E-state index contributed by atoms with van der Waals surface area (Å²) in [6, 6.07) is 4.30. The molecule has 0 fully saturated rings. The number of aromatic nitrogens is 3. The zero-order valence-electron chi connectivity index (χ0n) is 13.5. The number of aryl methyl sites for hydroxylation is 3. The van der Waals surface area contributed by atoms with E-state index in [1.807, 2.05) is 0 Å². The minimum Gasteiger partial charge on any atom is -0.384 e. The van der Waals surface area contributed by atoms with E-state index in [9.17, 15) is 0 Å². The average Bonchev–Trinajstić information content (AvgIpc) is 3.07. The van der Waals surface area contributed by atoms with E-state index >= 15 is 0 Å². The molecule has 0 aliphatic carbocycles. The second-order valence-corrected chi connectivity index (χ2v) is 5.70. The number of hydrogen-bond acceptors (Lipinski definition) is 4. The molecule has 22 heavy (non-hydrogen) atoms. The van der Waals surface area contributed by atoms with Crippen molar-refractivity contribution in [3.8, 4) is 0 Å². The van der Waals surface area contributed by atoms with Crippen LogP contribution in [0.4, 0.5) is 0 Å². The molecule has 0 radical (unpaired) electrons. The molecule has 0 amide bonds. The Kier molecular flexibility index (Phi) is 3.98. The van der Waals surface area contributed by atoms with Gasteiger partial charge in [0.05, 0.1) is 13.0 Å². The van der Waals surface area contributed by atoms with Crippen molar-refractivity contribution in [2.75, 3.05) is 13.7 Å². The third-order valence-corrected chi connectivity index (χ3v) is 4.06. The van der Waals surface area contributed by atoms with Crippen LogP contribution < -0.4 is 0 Å². The Labute approximate surface area is 129 Å². The zero-order valence-corrected chi connectivity index (χ0v) is 13.5. The van der Waals surface area contributed by atoms with E-state index in [1.165, 1.54) is 27.6 Å². The minimum atomic E-state index is 0.601. The Hall–Kier alpha value is -2.14. The third kappa shape index (κ3) is 2.64. The fraction of sp³-hybridized carbons (Fsp3) is 0.412. The average molecular weight is 299 g/mol. The van der Waals surface area contributed by atoms with E-state index in [2.05, 4.69) is 48.0 Å². The normalized spacial score (nSPS) is 11.5. The zero-order chi connectivity index (χ0) is 15.7. The fourth-order valence-electron chi connectivity index (χ4n) is 2.84. The van der Waals surface area contributed by atoms with Gasteiger partial charge in [-0.25, -0.2) is 0 Å². The summed E-state index contributed by atoms with van der Waals surface area (Å²) in [6.07, 6.45) is 1.32. The summed E-state index contributed by atoms with van der Waals surface area (Å²) in [4.78, 5) is 7.94. The SMILES string of the molecule is COCCc1noc(Cc2c(C)[nH]c3c(C)ccc(C)c23)n1. The quantitative estimate of drug-likeness (QED) is 0.785. The van der Waals surface area contributed by atoms with Crippen LogP contribution in [0.3, 0.4) is 0 Å². The van der Waals surface area contributed by atoms with Gasteiger partial charge in [0.2, 0.25) is 5.89 Å². The van der Waals surface area contributed by atoms with Gasteiger partial charge in [-0.3, -0.25) is 0 Å². The number of nitrogens with one attached hydrogen (secondary N) is 1. The van der Waals surface area contributed by atoms with Crippen LogP contribution in [0.2, 0.25) is 0 Å². The summed E-state index contributed by atoms with van der Waals surface area (Å²) >= 11 is 0. The van der Waals surface area contributed by atoms with Crippen molar-refractivity contribution >= 4 is 10.9 Å². The van der Waals surface area contributed by atoms with Crippen LogP contribution in [0.5, 0.6) is 0 Å². The van der Waals surface area contributed by atoms with Crippen molar-refractivity contribution in [3.63, 3.8) is 0 Å². The van der Waals surface area contributed by atoms with E-state index in [-0.39, 0.29) is 0 Å². The molecule has 2 heterocycles. The summed E-state index contributed by atoms with van der Waals surface area (Å²) in [7, 11) is 1.67. The second kappa shape index (κ2) is 5.93. The fourth-order valence-corrected chi connectivity index (χ4v) is 2.84. The van der Waals surface area contributed by atoms with Crippen molar-refractivity contribution in [2.45, 2.75) is 33.6 Å². The predicted octanol–water partition coefficient (Wildman–Crippen LogP) is 3.26. The number of benzene rings is 1. The maximum atomic E-state index is 5.38. The van der Waals surface area contributed by atoms with E-state index < -0.39 is 0 Å². The number of methoxy groups -OCH3 is 1. The number of rotatable bonds is 5. The first kappa shape index (κ1) is 14.8. The van der Waals surface area contributed by atoms with Gasteiger partial charge in [0.25, 0.3) is 0 Å². The molecular formula is C17H21N3O2. The molecule has 5 nitrogen and oxygen atoms in total. The van der Waals surface area contributed by atoms with Crippen LogP contribution in [0, 0.1) is 20.8 Å². The highest BCUT2D eigenvalue weighted by Gasteiger charge is 2.16. The minimum absolute atomic E-state index is 0.601. The van der Waals surface area contributed by atoms with Crippen molar-refractivity contribution in [2.24, 2.45) is 0 Å². The Morgan fingerprint density at radius 1 is 1.18 bits per heavy atom. The van der Waals surface area contributed by atoms with E-state index in [1.54, 1.807) is 7.11 Å². The topological polar surface area (TPSA) is 63.9 Å². The van der Waals surface area contributed by atoms with E-state index in [0.29, 0.717) is 31.2 Å². The molecule has 5 heteroatoms. The van der Waals surface area contributed by atoms with Crippen molar-refractivity contribution in [3.05, 3.63) is 46.2 Å². The number of aromatic amines is 1. The van der Waals surface area contributed by atoms with Gasteiger partial charge in [-0.05, 0) is 37.5 Å². The van der Waals surface area contributed by atoms with Crippen LogP contribution in [0.25, 0.3) is 10.9 Å². The highest BCUT2D eigenvalue weighted by atomic mass is 16.5. The molecule has 0 unspecified atom stereocenters. The Morgan fingerprint density at radius 3 is 2.73 bits per heavy atom. The molecule has 0 saturated heterocycles. The maximum absolute atomic E-state index is 5.38. The summed E-state index contributed by atoms with van der Waals surface area (Å²) in [5, 5.41) is 5.28. The van der Waals surface area contributed by atoms with Gasteiger partial charge in [-0.15, -0.1) is 0 Å². The molecule has 1 aromatic carbocycles. The number of hydrogen-bond donors (Lipinski definition) is 1. The molecule has 3 rings (SSSR count). The summed E-state index contributed by atoms with van der Waals surface area (Å²) in [5.74, 6) is 1.35. The molecule has 1 N–H and O–H groups in total. The molecule has 116 valence electrons. The standard InChI is InChI=1S/C17H21N3O2/c1-10-5-6-11(2)17-16(10)13(12(3)18-17)9-15-19-14(20-22-15)7-8-21-4/h5-6,18H,7-9H2,1-4H3. The molecule has 0 aliphatic heterocycles. The van der Waals surface area contributed by atoms with Gasteiger partial charge in [-0.2, -0.15) is 4.98 Å². The smallest absolute Gasteiger partial charge is 0.231 e. The lowest BCUT2D eigenvalue weighted by Crippen LogP contribution is -1.97. The Bertz CT molecular complexity index is 802. The van der Waals surface area contributed by atoms with Crippen molar-refractivity contribution in [1.29, 1.82) is 0 Å². The lowest BCUT2D eigenvalue weighted by molar-refractivity contribution is 0.199. The van der Waals surface area contributed by atoms with Gasteiger partial charge >= 0.3 is 0 Å². The largest absolute Gasteiger partial charge is 0.384 e. The van der Waals surface area contributed by atoms with Crippen molar-refractivity contribution < 1.29 is 9.26 Å². The lowest BCUT2D eigenvalue weighted by Gasteiger charge is -2.02. The maximum Gasteiger partial charge on any atom is 0.231 e. The molecule has 2 aromatic heterocycles. The van der Waals surface area contributed by atoms with Gasteiger partial charge in [-0.1, -0.05) is 17.3 Å². The number of ether oxygens (including phenoxy) is 1. The predicted molar refractivity (Wildman–Crippen MR) is 85.2 cm³/mol. The summed E-state index contributed by atoms with van der Waals surface area (Å²) in [6.45, 7) is 6.95. The molecule has 3 aromatic rings. The first-order valence-corrected chi connectivity index (χ1v) is 7.48. The monoisotopic (exact) mass is 299 g/mol. The van der Waals surface area contributed by atoms with Gasteiger partial charge in [0.15, 0.2) is 5.82 Å². The first-order chi connectivity index (χ1) is 10.6. The molecule has 0 saturated carbocycles. The van der Waals surface area contributed by atoms with Crippen LogP contribution in [-0.2, 0) is 17.6 Å². The van der Waals surface area contributed by atoms with Crippen LogP contribution in [-0.4, -0.2) is 28.8 Å². The summed E-state index contributed by atoms with van der Waals surface area (Å²) < 4.78 is 10.4. The molecule has 0 bridgehead atoms. The van der Waals surface area contributed by atoms with Crippen LogP contribution in [0.15, 0.2) is 16.7 Å². The number of nitrogens with zero attached hydrogens (tertiary/aromatic N) is 2. The van der Waals surface area contributed by atoms with Gasteiger partial charge < -0.3 is 14.2 Å². The number of H-pyrrole nitrogens is 1. The van der Waals surface area contributed by atoms with Crippen LogP contribution in [0.1, 0.15) is 34.1 Å². The summed E-state index contributed by atoms with van der Waals surface area (Å²) in [5.41, 5.74) is 6.11. The number of fused-ring (bicyclic) bond motifs is 1. The molecule has 0 spiro atoms. The lowest BCUT2D eigenvalue weighted by atomic mass is 10.0. The highest BCUT2D eigenvalue weighted by Crippen LogP contribution is 2.29. The van der Waals surface area contributed by atoms with Gasteiger partial charge in [0.1, 0.15) is 0 Å². The van der Waals surface area contributed by atoms with E-state index in [0.717, 1.165) is 5.69 Å². The van der Waals surface area contributed by atoms with Gasteiger partial charge in [0, 0.05) is 30.1 Å². The molecule has 0 aliphatic rings. The first-order valence-electron chi connectivity index (χ1n) is 7.48. The Balaban J connectivity index is 1.95.